The summed E-state index contributed by atoms with van der Waals surface area (Å²) in [6, 6.07) is 9.45. The Balaban J connectivity index is 1.96. The summed E-state index contributed by atoms with van der Waals surface area (Å²) in [7, 11) is 0. The first-order chi connectivity index (χ1) is 11.0. The monoisotopic (exact) mass is 314 g/mol. The zero-order chi connectivity index (χ0) is 16.8. The van der Waals surface area contributed by atoms with Crippen molar-refractivity contribution in [2.45, 2.75) is 46.1 Å². The van der Waals surface area contributed by atoms with E-state index in [0.717, 1.165) is 18.4 Å². The van der Waals surface area contributed by atoms with Gasteiger partial charge in [0.25, 0.3) is 5.78 Å². The highest BCUT2D eigenvalue weighted by Gasteiger charge is 2.34. The fourth-order valence-corrected chi connectivity index (χ4v) is 3.25. The molecule has 0 saturated heterocycles. The summed E-state index contributed by atoms with van der Waals surface area (Å²) in [5.41, 5.74) is 0.889. The summed E-state index contributed by atoms with van der Waals surface area (Å²) in [6.45, 7) is 6.48. The minimum atomic E-state index is -0.734. The van der Waals surface area contributed by atoms with Gasteiger partial charge in [-0.1, -0.05) is 63.6 Å². The Kier molecular flexibility index (Phi) is 6.14. The van der Waals surface area contributed by atoms with E-state index in [9.17, 15) is 9.59 Å². The van der Waals surface area contributed by atoms with Gasteiger partial charge >= 0.3 is 5.97 Å². The largest absolute Gasteiger partial charge is 0.456 e. The van der Waals surface area contributed by atoms with E-state index in [-0.39, 0.29) is 6.10 Å². The van der Waals surface area contributed by atoms with Crippen molar-refractivity contribution >= 4 is 17.8 Å². The lowest BCUT2D eigenvalue weighted by Crippen LogP contribution is -2.37. The van der Waals surface area contributed by atoms with Crippen LogP contribution >= 0.6 is 0 Å². The van der Waals surface area contributed by atoms with E-state index in [1.165, 1.54) is 12.5 Å². The first kappa shape index (κ1) is 17.5. The van der Waals surface area contributed by atoms with Crippen LogP contribution in [0.4, 0.5) is 0 Å². The first-order valence-electron chi connectivity index (χ1n) is 8.45. The summed E-state index contributed by atoms with van der Waals surface area (Å²) in [6.07, 6.45) is 5.88. The van der Waals surface area contributed by atoms with Crippen LogP contribution in [0.25, 0.3) is 6.08 Å². The van der Waals surface area contributed by atoms with E-state index in [0.29, 0.717) is 17.8 Å². The average molecular weight is 314 g/mol. The van der Waals surface area contributed by atoms with E-state index >= 15 is 0 Å². The van der Waals surface area contributed by atoms with Crippen molar-refractivity contribution in [1.29, 1.82) is 0 Å². The molecular weight excluding hydrogens is 288 g/mol. The molecule has 0 unspecified atom stereocenters. The second-order valence-corrected chi connectivity index (χ2v) is 6.88. The van der Waals surface area contributed by atoms with Gasteiger partial charge in [-0.15, -0.1) is 0 Å². The Bertz CT molecular complexity index is 560. The van der Waals surface area contributed by atoms with Crippen molar-refractivity contribution < 1.29 is 14.3 Å². The number of ketones is 1. The highest BCUT2D eigenvalue weighted by atomic mass is 16.5. The van der Waals surface area contributed by atoms with Crippen LogP contribution in [0.15, 0.2) is 36.4 Å². The summed E-state index contributed by atoms with van der Waals surface area (Å²) in [5.74, 6) is 0.0191. The number of esters is 1. The maximum Gasteiger partial charge on any atom is 0.379 e. The molecule has 1 aliphatic carbocycles. The third kappa shape index (κ3) is 5.05. The maximum atomic E-state index is 12.1. The van der Waals surface area contributed by atoms with E-state index in [1.54, 1.807) is 6.08 Å². The molecule has 3 nitrogen and oxygen atoms in total. The van der Waals surface area contributed by atoms with Crippen LogP contribution in [0.3, 0.4) is 0 Å². The molecule has 3 atom stereocenters. The van der Waals surface area contributed by atoms with Gasteiger partial charge in [-0.3, -0.25) is 4.79 Å². The highest BCUT2D eigenvalue weighted by Crippen LogP contribution is 2.35. The predicted octanol–water partition coefficient (Wildman–Crippen LogP) is 4.27. The number of hydrogen-bond acceptors (Lipinski definition) is 3. The summed E-state index contributed by atoms with van der Waals surface area (Å²) >= 11 is 0. The standard InChI is InChI=1S/C20H26O3/c1-14(2)17-11-9-15(3)13-19(17)23-20(22)18(21)12-10-16-7-5-4-6-8-16/h4-8,10,12,14-15,17,19H,9,11,13H2,1-3H3/t15-,17-,19-/m1/s1. The Labute approximate surface area is 138 Å². The molecule has 0 aliphatic heterocycles. The lowest BCUT2D eigenvalue weighted by Gasteiger charge is -2.36. The van der Waals surface area contributed by atoms with Crippen molar-refractivity contribution in [1.82, 2.24) is 0 Å². The highest BCUT2D eigenvalue weighted by molar-refractivity contribution is 6.39. The number of carbonyl (C=O) groups is 2. The molecule has 3 heteroatoms. The SMILES string of the molecule is CC(C)[C@H]1CC[C@@H](C)C[C@H]1OC(=O)C(=O)C=Cc1ccccc1. The van der Waals surface area contributed by atoms with Gasteiger partial charge in [0.1, 0.15) is 6.10 Å². The molecule has 1 aromatic rings. The lowest BCUT2D eigenvalue weighted by molar-refractivity contribution is -0.161. The topological polar surface area (TPSA) is 43.4 Å². The molecule has 0 aromatic heterocycles. The Hall–Kier alpha value is -1.90. The van der Waals surface area contributed by atoms with Crippen LogP contribution in [-0.4, -0.2) is 17.9 Å². The van der Waals surface area contributed by atoms with Gasteiger partial charge in [-0.2, -0.15) is 0 Å². The van der Waals surface area contributed by atoms with Crippen LogP contribution in [0.1, 0.15) is 45.6 Å². The first-order valence-corrected chi connectivity index (χ1v) is 8.45. The fraction of sp³-hybridized carbons (Fsp3) is 0.500. The normalized spacial score (nSPS) is 24.8. The molecular formula is C20H26O3. The number of benzene rings is 1. The molecule has 23 heavy (non-hydrogen) atoms. The molecule has 1 saturated carbocycles. The van der Waals surface area contributed by atoms with E-state index in [2.05, 4.69) is 20.8 Å². The molecule has 0 bridgehead atoms. The molecule has 124 valence electrons. The van der Waals surface area contributed by atoms with Gasteiger partial charge in [0.2, 0.25) is 0 Å². The van der Waals surface area contributed by atoms with Crippen LogP contribution in [-0.2, 0) is 14.3 Å². The minimum absolute atomic E-state index is 0.139. The molecule has 0 spiro atoms. The summed E-state index contributed by atoms with van der Waals surface area (Å²) < 4.78 is 5.55. The quantitative estimate of drug-likeness (QED) is 0.463. The Morgan fingerprint density at radius 2 is 1.87 bits per heavy atom. The molecule has 1 aromatic carbocycles. The third-order valence-corrected chi connectivity index (χ3v) is 4.65. The summed E-state index contributed by atoms with van der Waals surface area (Å²) in [5, 5.41) is 0. The maximum absolute atomic E-state index is 12.1. The molecule has 1 aliphatic rings. The zero-order valence-electron chi connectivity index (χ0n) is 14.2. The second-order valence-electron chi connectivity index (χ2n) is 6.88. The van der Waals surface area contributed by atoms with E-state index in [4.69, 9.17) is 4.74 Å². The van der Waals surface area contributed by atoms with Gasteiger partial charge in [0.05, 0.1) is 0 Å². The van der Waals surface area contributed by atoms with Crippen molar-refractivity contribution in [3.8, 4) is 0 Å². The number of ether oxygens (including phenoxy) is 1. The van der Waals surface area contributed by atoms with E-state index in [1.807, 2.05) is 30.3 Å². The van der Waals surface area contributed by atoms with Crippen molar-refractivity contribution in [3.05, 3.63) is 42.0 Å². The number of rotatable bonds is 5. The Morgan fingerprint density at radius 3 is 2.52 bits per heavy atom. The van der Waals surface area contributed by atoms with Crippen LogP contribution in [0.5, 0.6) is 0 Å². The molecule has 1 fully saturated rings. The average Bonchev–Trinajstić information content (AvgIpc) is 2.53. The summed E-state index contributed by atoms with van der Waals surface area (Å²) in [4.78, 5) is 24.1. The van der Waals surface area contributed by atoms with Gasteiger partial charge in [-0.25, -0.2) is 4.79 Å². The van der Waals surface area contributed by atoms with Crippen molar-refractivity contribution in [3.63, 3.8) is 0 Å². The van der Waals surface area contributed by atoms with Gasteiger partial charge in [-0.05, 0) is 42.2 Å². The molecule has 0 amide bonds. The van der Waals surface area contributed by atoms with Crippen molar-refractivity contribution in [2.24, 2.45) is 17.8 Å². The van der Waals surface area contributed by atoms with Crippen molar-refractivity contribution in [2.75, 3.05) is 0 Å². The zero-order valence-corrected chi connectivity index (χ0v) is 14.2. The van der Waals surface area contributed by atoms with Gasteiger partial charge < -0.3 is 4.74 Å². The van der Waals surface area contributed by atoms with E-state index < -0.39 is 11.8 Å². The van der Waals surface area contributed by atoms with Gasteiger partial charge in [0, 0.05) is 0 Å². The Morgan fingerprint density at radius 1 is 1.17 bits per heavy atom. The predicted molar refractivity (Wildman–Crippen MR) is 91.7 cm³/mol. The molecule has 0 heterocycles. The molecule has 0 N–H and O–H groups in total. The minimum Gasteiger partial charge on any atom is -0.456 e. The lowest BCUT2D eigenvalue weighted by atomic mass is 9.75. The van der Waals surface area contributed by atoms with Crippen LogP contribution in [0, 0.1) is 17.8 Å². The van der Waals surface area contributed by atoms with Crippen LogP contribution < -0.4 is 0 Å². The fourth-order valence-electron chi connectivity index (χ4n) is 3.25. The second kappa shape index (κ2) is 8.09. The molecule has 0 radical (unpaired) electrons. The number of carbonyl (C=O) groups excluding carboxylic acids is 2. The van der Waals surface area contributed by atoms with Gasteiger partial charge in [0.15, 0.2) is 0 Å². The number of hydrogen-bond donors (Lipinski definition) is 0. The molecule has 2 rings (SSSR count). The van der Waals surface area contributed by atoms with Crippen LogP contribution in [0.2, 0.25) is 0 Å². The third-order valence-electron chi connectivity index (χ3n) is 4.65. The smallest absolute Gasteiger partial charge is 0.379 e.